The Labute approximate surface area is 88.8 Å². The molecule has 2 nitrogen and oxygen atoms in total. The number of nitrogens with zero attached hydrogens (tertiary/aromatic N) is 1. The Morgan fingerprint density at radius 1 is 1.21 bits per heavy atom. The smallest absolute Gasteiger partial charge is 0.0221 e. The second-order valence-corrected chi connectivity index (χ2v) is 4.96. The van der Waals surface area contributed by atoms with Crippen LogP contribution in [0.4, 0.5) is 0 Å². The van der Waals surface area contributed by atoms with Crippen LogP contribution >= 0.6 is 0 Å². The molecule has 0 aromatic rings. The Kier molecular flexibility index (Phi) is 4.90. The molecule has 2 atom stereocenters. The third-order valence-electron chi connectivity index (χ3n) is 3.68. The fraction of sp³-hybridized carbons (Fsp3) is 1.00. The zero-order chi connectivity index (χ0) is 10.6. The van der Waals surface area contributed by atoms with Crippen molar-refractivity contribution in [3.63, 3.8) is 0 Å². The zero-order valence-corrected chi connectivity index (χ0v) is 10.00. The maximum absolute atomic E-state index is 5.86. The standard InChI is InChI=1S/C12H26N2/c1-10(2)11(3)14-8-6-4-5-7-12(14)9-13/h10-12H,4-9,13H2,1-3H3. The molecule has 1 fully saturated rings. The second-order valence-electron chi connectivity index (χ2n) is 4.96. The van der Waals surface area contributed by atoms with Crippen LogP contribution < -0.4 is 5.73 Å². The van der Waals surface area contributed by atoms with Gasteiger partial charge in [0.15, 0.2) is 0 Å². The van der Waals surface area contributed by atoms with Gasteiger partial charge in [0.25, 0.3) is 0 Å². The number of likely N-dealkylation sites (tertiary alicyclic amines) is 1. The summed E-state index contributed by atoms with van der Waals surface area (Å²) >= 11 is 0. The molecular formula is C12H26N2. The lowest BCUT2D eigenvalue weighted by molar-refractivity contribution is 0.119. The monoisotopic (exact) mass is 198 g/mol. The summed E-state index contributed by atoms with van der Waals surface area (Å²) < 4.78 is 0. The lowest BCUT2D eigenvalue weighted by Gasteiger charge is -2.36. The summed E-state index contributed by atoms with van der Waals surface area (Å²) in [6.45, 7) is 9.04. The van der Waals surface area contributed by atoms with E-state index in [1.54, 1.807) is 0 Å². The molecule has 1 saturated heterocycles. The highest BCUT2D eigenvalue weighted by Gasteiger charge is 2.25. The molecule has 0 amide bonds. The maximum atomic E-state index is 5.86. The van der Waals surface area contributed by atoms with E-state index in [4.69, 9.17) is 5.73 Å². The summed E-state index contributed by atoms with van der Waals surface area (Å²) in [4.78, 5) is 2.64. The summed E-state index contributed by atoms with van der Waals surface area (Å²) in [5, 5.41) is 0. The molecule has 0 aromatic heterocycles. The Hall–Kier alpha value is -0.0800. The fourth-order valence-corrected chi connectivity index (χ4v) is 2.37. The predicted molar refractivity (Wildman–Crippen MR) is 62.3 cm³/mol. The van der Waals surface area contributed by atoms with Gasteiger partial charge in [0.1, 0.15) is 0 Å². The van der Waals surface area contributed by atoms with Crippen molar-refractivity contribution < 1.29 is 0 Å². The third kappa shape index (κ3) is 2.96. The van der Waals surface area contributed by atoms with E-state index in [2.05, 4.69) is 25.7 Å². The van der Waals surface area contributed by atoms with Crippen molar-refractivity contribution in [2.45, 2.75) is 58.5 Å². The first-order valence-electron chi connectivity index (χ1n) is 6.12. The van der Waals surface area contributed by atoms with Crippen molar-refractivity contribution >= 4 is 0 Å². The Morgan fingerprint density at radius 3 is 2.50 bits per heavy atom. The van der Waals surface area contributed by atoms with E-state index >= 15 is 0 Å². The quantitative estimate of drug-likeness (QED) is 0.753. The lowest BCUT2D eigenvalue weighted by Crippen LogP contribution is -2.47. The largest absolute Gasteiger partial charge is 0.329 e. The van der Waals surface area contributed by atoms with Gasteiger partial charge in [0.05, 0.1) is 0 Å². The number of hydrogen-bond donors (Lipinski definition) is 1. The molecule has 0 bridgehead atoms. The molecule has 0 radical (unpaired) electrons. The van der Waals surface area contributed by atoms with Crippen molar-refractivity contribution in [3.05, 3.63) is 0 Å². The van der Waals surface area contributed by atoms with Crippen LogP contribution in [0.15, 0.2) is 0 Å². The second kappa shape index (κ2) is 5.72. The highest BCUT2D eigenvalue weighted by atomic mass is 15.2. The van der Waals surface area contributed by atoms with E-state index in [1.807, 2.05) is 0 Å². The van der Waals surface area contributed by atoms with Gasteiger partial charge in [-0.1, -0.05) is 26.7 Å². The molecule has 0 aromatic carbocycles. The topological polar surface area (TPSA) is 29.3 Å². The van der Waals surface area contributed by atoms with Gasteiger partial charge in [-0.25, -0.2) is 0 Å². The minimum Gasteiger partial charge on any atom is -0.329 e. The van der Waals surface area contributed by atoms with Gasteiger partial charge < -0.3 is 5.73 Å². The van der Waals surface area contributed by atoms with Gasteiger partial charge >= 0.3 is 0 Å². The molecule has 14 heavy (non-hydrogen) atoms. The molecule has 84 valence electrons. The van der Waals surface area contributed by atoms with Crippen molar-refractivity contribution in [1.29, 1.82) is 0 Å². The minimum absolute atomic E-state index is 0.634. The third-order valence-corrected chi connectivity index (χ3v) is 3.68. The lowest BCUT2D eigenvalue weighted by atomic mass is 10.0. The van der Waals surface area contributed by atoms with Gasteiger partial charge in [-0.15, -0.1) is 0 Å². The zero-order valence-electron chi connectivity index (χ0n) is 10.00. The average Bonchev–Trinajstić information content (AvgIpc) is 2.40. The average molecular weight is 198 g/mol. The van der Waals surface area contributed by atoms with Crippen LogP contribution in [-0.2, 0) is 0 Å². The van der Waals surface area contributed by atoms with Crippen LogP contribution in [0.5, 0.6) is 0 Å². The molecule has 0 aliphatic carbocycles. The predicted octanol–water partition coefficient (Wildman–Crippen LogP) is 2.23. The molecule has 2 N–H and O–H groups in total. The maximum Gasteiger partial charge on any atom is 0.0221 e. The van der Waals surface area contributed by atoms with Crippen LogP contribution in [0.1, 0.15) is 46.5 Å². The van der Waals surface area contributed by atoms with E-state index < -0.39 is 0 Å². The van der Waals surface area contributed by atoms with E-state index in [9.17, 15) is 0 Å². The normalized spacial score (nSPS) is 27.6. The van der Waals surface area contributed by atoms with Crippen molar-refractivity contribution in [3.8, 4) is 0 Å². The van der Waals surface area contributed by atoms with Gasteiger partial charge in [0.2, 0.25) is 0 Å². The first kappa shape index (κ1) is 12.0. The van der Waals surface area contributed by atoms with Gasteiger partial charge in [-0.2, -0.15) is 0 Å². The van der Waals surface area contributed by atoms with Gasteiger partial charge in [-0.3, -0.25) is 4.90 Å². The summed E-state index contributed by atoms with van der Waals surface area (Å²) in [7, 11) is 0. The fourth-order valence-electron chi connectivity index (χ4n) is 2.37. The van der Waals surface area contributed by atoms with Crippen LogP contribution in [0.3, 0.4) is 0 Å². The number of hydrogen-bond acceptors (Lipinski definition) is 2. The highest BCUT2D eigenvalue weighted by Crippen LogP contribution is 2.21. The Morgan fingerprint density at radius 2 is 1.93 bits per heavy atom. The van der Waals surface area contributed by atoms with Crippen LogP contribution in [0.2, 0.25) is 0 Å². The number of nitrogens with two attached hydrogens (primary N) is 1. The van der Waals surface area contributed by atoms with E-state index in [1.165, 1.54) is 32.2 Å². The van der Waals surface area contributed by atoms with Crippen molar-refractivity contribution in [1.82, 2.24) is 4.90 Å². The summed E-state index contributed by atoms with van der Waals surface area (Å²) in [6, 6.07) is 1.32. The molecule has 1 aliphatic heterocycles. The van der Waals surface area contributed by atoms with Crippen LogP contribution in [-0.4, -0.2) is 30.1 Å². The van der Waals surface area contributed by atoms with Crippen molar-refractivity contribution in [2.24, 2.45) is 11.7 Å². The van der Waals surface area contributed by atoms with Gasteiger partial charge in [0, 0.05) is 18.6 Å². The Bertz CT molecular complexity index is 156. The summed E-state index contributed by atoms with van der Waals surface area (Å²) in [6.07, 6.45) is 5.40. The molecule has 1 rings (SSSR count). The summed E-state index contributed by atoms with van der Waals surface area (Å²) in [5.41, 5.74) is 5.86. The molecule has 2 unspecified atom stereocenters. The highest BCUT2D eigenvalue weighted by molar-refractivity contribution is 4.81. The SMILES string of the molecule is CC(C)C(C)N1CCCCCC1CN. The minimum atomic E-state index is 0.634. The van der Waals surface area contributed by atoms with E-state index in [0.717, 1.165) is 12.5 Å². The van der Waals surface area contributed by atoms with E-state index in [-0.39, 0.29) is 0 Å². The summed E-state index contributed by atoms with van der Waals surface area (Å²) in [5.74, 6) is 0.738. The molecule has 0 spiro atoms. The first-order chi connectivity index (χ1) is 6.66. The molecular weight excluding hydrogens is 172 g/mol. The first-order valence-corrected chi connectivity index (χ1v) is 6.12. The molecule has 0 saturated carbocycles. The van der Waals surface area contributed by atoms with Crippen LogP contribution in [0.25, 0.3) is 0 Å². The molecule has 1 aliphatic rings. The van der Waals surface area contributed by atoms with Crippen molar-refractivity contribution in [2.75, 3.05) is 13.1 Å². The molecule has 2 heteroatoms. The van der Waals surface area contributed by atoms with Gasteiger partial charge in [-0.05, 0) is 32.2 Å². The van der Waals surface area contributed by atoms with E-state index in [0.29, 0.717) is 12.1 Å². The number of rotatable bonds is 3. The van der Waals surface area contributed by atoms with Crippen LogP contribution in [0, 0.1) is 5.92 Å². The molecule has 1 heterocycles. The Balaban J connectivity index is 2.60.